The Kier molecular flexibility index (Phi) is 6.98. The second kappa shape index (κ2) is 11.9. The number of pyridine rings is 1. The minimum atomic E-state index is 0.618. The molecule has 3 aromatic heterocycles. The molecule has 0 N–H and O–H groups in total. The van der Waals surface area contributed by atoms with Crippen LogP contribution in [0.2, 0.25) is 0 Å². The molecule has 0 bridgehead atoms. The van der Waals surface area contributed by atoms with Gasteiger partial charge in [0, 0.05) is 45.1 Å². The van der Waals surface area contributed by atoms with Crippen molar-refractivity contribution in [3.8, 4) is 51.1 Å². The quantitative estimate of drug-likeness (QED) is 0.171. The van der Waals surface area contributed by atoms with E-state index in [9.17, 15) is 0 Å². The molecule has 0 spiro atoms. The number of imidazole rings is 1. The normalized spacial score (nSPS) is 11.4. The van der Waals surface area contributed by atoms with E-state index in [0.717, 1.165) is 78.6 Å². The van der Waals surface area contributed by atoms with Gasteiger partial charge in [-0.05, 0) is 29.7 Å². The number of hydrogen-bond donors (Lipinski definition) is 0. The second-order valence-corrected chi connectivity index (χ2v) is 12.0. The van der Waals surface area contributed by atoms with E-state index >= 15 is 0 Å². The van der Waals surface area contributed by atoms with Gasteiger partial charge in [0.15, 0.2) is 17.5 Å². The summed E-state index contributed by atoms with van der Waals surface area (Å²) in [5.41, 5.74) is 8.75. The minimum absolute atomic E-state index is 0.618. The van der Waals surface area contributed by atoms with Crippen LogP contribution in [0.25, 0.3) is 83.8 Å². The van der Waals surface area contributed by atoms with Crippen molar-refractivity contribution in [2.45, 2.75) is 13.3 Å². The lowest BCUT2D eigenvalue weighted by Crippen LogP contribution is -2.00. The largest absolute Gasteiger partial charge is 0.296 e. The van der Waals surface area contributed by atoms with Gasteiger partial charge in [-0.25, -0.2) is 24.9 Å². The zero-order chi connectivity index (χ0) is 32.7. The Morgan fingerprint density at radius 3 is 1.59 bits per heavy atom. The zero-order valence-corrected chi connectivity index (χ0v) is 26.8. The third kappa shape index (κ3) is 5.02. The van der Waals surface area contributed by atoms with Crippen molar-refractivity contribution in [2.24, 2.45) is 0 Å². The first-order valence-corrected chi connectivity index (χ1v) is 16.5. The lowest BCUT2D eigenvalue weighted by molar-refractivity contribution is 0.908. The number of benzene rings is 6. The van der Waals surface area contributed by atoms with E-state index in [0.29, 0.717) is 17.5 Å². The highest BCUT2D eigenvalue weighted by Crippen LogP contribution is 2.38. The van der Waals surface area contributed by atoms with Crippen LogP contribution >= 0.6 is 0 Å². The first kappa shape index (κ1) is 28.7. The zero-order valence-electron chi connectivity index (χ0n) is 26.8. The molecule has 0 fully saturated rings. The maximum absolute atomic E-state index is 5.28. The van der Waals surface area contributed by atoms with Crippen molar-refractivity contribution in [3.63, 3.8) is 0 Å². The Morgan fingerprint density at radius 2 is 0.980 bits per heavy atom. The average molecular weight is 631 g/mol. The van der Waals surface area contributed by atoms with Crippen LogP contribution in [0.15, 0.2) is 152 Å². The van der Waals surface area contributed by atoms with Gasteiger partial charge in [0.1, 0.15) is 5.82 Å². The SMILES string of the molecule is CCc1nc2c3c(-c4ccc(-c5nc(-c6ccccc6)nc(-c6ccccc6)n5)cc4)nc4ccccc4c3ccc2n1-c1ccccc1. The fourth-order valence-electron chi connectivity index (χ4n) is 6.66. The molecule has 0 aliphatic rings. The van der Waals surface area contributed by atoms with Crippen LogP contribution in [0.5, 0.6) is 0 Å². The van der Waals surface area contributed by atoms with Crippen molar-refractivity contribution in [3.05, 3.63) is 157 Å². The summed E-state index contributed by atoms with van der Waals surface area (Å²) in [6, 6.07) is 51.7. The molecule has 6 aromatic carbocycles. The summed E-state index contributed by atoms with van der Waals surface area (Å²) in [6.07, 6.45) is 0.804. The first-order valence-electron chi connectivity index (χ1n) is 16.5. The molecule has 232 valence electrons. The molecule has 3 heterocycles. The molecular weight excluding hydrogens is 601 g/mol. The second-order valence-electron chi connectivity index (χ2n) is 12.0. The smallest absolute Gasteiger partial charge is 0.164 e. The molecule has 0 radical (unpaired) electrons. The molecule has 49 heavy (non-hydrogen) atoms. The number of aromatic nitrogens is 6. The van der Waals surface area contributed by atoms with Gasteiger partial charge in [0.05, 0.1) is 22.2 Å². The molecule has 0 amide bonds. The molecule has 0 saturated heterocycles. The van der Waals surface area contributed by atoms with E-state index in [4.69, 9.17) is 24.9 Å². The summed E-state index contributed by atoms with van der Waals surface area (Å²) in [4.78, 5) is 25.3. The molecule has 9 rings (SSSR count). The molecule has 0 aliphatic heterocycles. The highest BCUT2D eigenvalue weighted by molar-refractivity contribution is 6.19. The number of nitrogens with zero attached hydrogens (tertiary/aromatic N) is 6. The topological polar surface area (TPSA) is 69.4 Å². The van der Waals surface area contributed by atoms with Gasteiger partial charge in [-0.2, -0.15) is 0 Å². The highest BCUT2D eigenvalue weighted by Gasteiger charge is 2.20. The lowest BCUT2D eigenvalue weighted by atomic mass is 9.98. The molecule has 0 saturated carbocycles. The van der Waals surface area contributed by atoms with E-state index in [1.165, 1.54) is 0 Å². The molecule has 6 heteroatoms. The van der Waals surface area contributed by atoms with Gasteiger partial charge in [-0.1, -0.05) is 134 Å². The Morgan fingerprint density at radius 1 is 0.449 bits per heavy atom. The predicted molar refractivity (Wildman–Crippen MR) is 198 cm³/mol. The Hall–Kier alpha value is -6.53. The van der Waals surface area contributed by atoms with Crippen LogP contribution in [0.4, 0.5) is 0 Å². The molecule has 0 atom stereocenters. The molecule has 0 aliphatic carbocycles. The fraction of sp³-hybridized carbons (Fsp3) is 0.0465. The third-order valence-corrected chi connectivity index (χ3v) is 9.01. The number of aryl methyl sites for hydroxylation is 1. The average Bonchev–Trinajstić information content (AvgIpc) is 3.57. The molecular formula is C43H30N6. The standard InChI is InChI=1S/C43H30N6/c1-2-37-45-40-36(49(37)32-18-10-5-11-19-32)27-26-34-33-20-12-13-21-35(33)44-39(38(34)40)28-22-24-31(25-23-28)43-47-41(29-14-6-3-7-15-29)46-42(48-43)30-16-8-4-9-17-30/h3-27H,2H2,1H3. The van der Waals surface area contributed by atoms with Crippen molar-refractivity contribution in [1.29, 1.82) is 0 Å². The summed E-state index contributed by atoms with van der Waals surface area (Å²) < 4.78 is 2.27. The van der Waals surface area contributed by atoms with Crippen molar-refractivity contribution in [2.75, 3.05) is 0 Å². The minimum Gasteiger partial charge on any atom is -0.296 e. The molecule has 0 unspecified atom stereocenters. The predicted octanol–water partition coefficient (Wildman–Crippen LogP) is 10.1. The monoisotopic (exact) mass is 630 g/mol. The Labute approximate surface area is 283 Å². The van der Waals surface area contributed by atoms with E-state index in [1.807, 2.05) is 72.8 Å². The van der Waals surface area contributed by atoms with Gasteiger partial charge >= 0.3 is 0 Å². The maximum Gasteiger partial charge on any atom is 0.164 e. The lowest BCUT2D eigenvalue weighted by Gasteiger charge is -2.13. The van der Waals surface area contributed by atoms with E-state index in [1.54, 1.807) is 0 Å². The maximum atomic E-state index is 5.28. The van der Waals surface area contributed by atoms with Crippen LogP contribution in [-0.4, -0.2) is 29.5 Å². The molecule has 6 nitrogen and oxygen atoms in total. The van der Waals surface area contributed by atoms with Gasteiger partial charge in [0.2, 0.25) is 0 Å². The number of fused-ring (bicyclic) bond motifs is 5. The summed E-state index contributed by atoms with van der Waals surface area (Å²) >= 11 is 0. The van der Waals surface area contributed by atoms with E-state index in [2.05, 4.69) is 90.4 Å². The molecule has 9 aromatic rings. The van der Waals surface area contributed by atoms with Crippen molar-refractivity contribution in [1.82, 2.24) is 29.5 Å². The Balaban J connectivity index is 1.23. The van der Waals surface area contributed by atoms with Crippen LogP contribution in [0, 0.1) is 0 Å². The van der Waals surface area contributed by atoms with Gasteiger partial charge in [-0.3, -0.25) is 4.57 Å². The van der Waals surface area contributed by atoms with Crippen molar-refractivity contribution >= 4 is 32.7 Å². The summed E-state index contributed by atoms with van der Waals surface area (Å²) in [5.74, 6) is 2.91. The van der Waals surface area contributed by atoms with Crippen LogP contribution in [-0.2, 0) is 6.42 Å². The van der Waals surface area contributed by atoms with Crippen LogP contribution in [0.3, 0.4) is 0 Å². The summed E-state index contributed by atoms with van der Waals surface area (Å²) in [5, 5.41) is 3.29. The van der Waals surface area contributed by atoms with E-state index < -0.39 is 0 Å². The van der Waals surface area contributed by atoms with Gasteiger partial charge in [0.25, 0.3) is 0 Å². The summed E-state index contributed by atoms with van der Waals surface area (Å²) in [7, 11) is 0. The number of rotatable bonds is 6. The van der Waals surface area contributed by atoms with E-state index in [-0.39, 0.29) is 0 Å². The van der Waals surface area contributed by atoms with Crippen molar-refractivity contribution < 1.29 is 0 Å². The fourth-order valence-corrected chi connectivity index (χ4v) is 6.66. The van der Waals surface area contributed by atoms with Crippen LogP contribution in [0.1, 0.15) is 12.7 Å². The number of para-hydroxylation sites is 2. The third-order valence-electron chi connectivity index (χ3n) is 9.01. The summed E-state index contributed by atoms with van der Waals surface area (Å²) in [6.45, 7) is 2.16. The Bertz CT molecular complexity index is 2560. The number of hydrogen-bond acceptors (Lipinski definition) is 5. The van der Waals surface area contributed by atoms with Gasteiger partial charge < -0.3 is 0 Å². The first-order chi connectivity index (χ1) is 24.2. The highest BCUT2D eigenvalue weighted by atomic mass is 15.1. The van der Waals surface area contributed by atoms with Gasteiger partial charge in [-0.15, -0.1) is 0 Å². The van der Waals surface area contributed by atoms with Crippen LogP contribution < -0.4 is 0 Å².